The Hall–Kier alpha value is -2.64. The predicted molar refractivity (Wildman–Crippen MR) is 73.6 cm³/mol. The first kappa shape index (κ1) is 14.8. The Morgan fingerprint density at radius 3 is 1.62 bits per heavy atom. The van der Waals surface area contributed by atoms with Crippen LogP contribution in [-0.4, -0.2) is 7.05 Å². The number of nitrogens with one attached hydrogen (secondary N) is 1. The molecule has 0 saturated heterocycles. The fourth-order valence-corrected chi connectivity index (χ4v) is 1.83. The van der Waals surface area contributed by atoms with Gasteiger partial charge in [-0.05, 0) is 24.3 Å². The maximum atomic E-state index is 13.7. The number of hydrogen-bond acceptors (Lipinski definition) is 4. The molecule has 5 N–H and O–H groups in total. The van der Waals surface area contributed by atoms with Crippen molar-refractivity contribution in [3.63, 3.8) is 0 Å². The van der Waals surface area contributed by atoms with Crippen molar-refractivity contribution < 1.29 is 17.6 Å². The van der Waals surface area contributed by atoms with E-state index in [1.54, 1.807) is 0 Å². The molecule has 0 unspecified atom stereocenters. The molecule has 0 bridgehead atoms. The minimum atomic E-state index is -0.990. The van der Waals surface area contributed by atoms with Gasteiger partial charge >= 0.3 is 0 Å². The number of nitrogen functional groups attached to an aromatic ring is 2. The summed E-state index contributed by atoms with van der Waals surface area (Å²) in [6.45, 7) is 0. The number of benzene rings is 2. The Balaban J connectivity index is 2.37. The zero-order chi connectivity index (χ0) is 15.7. The van der Waals surface area contributed by atoms with Crippen LogP contribution in [0, 0.1) is 23.3 Å². The first-order valence-electron chi connectivity index (χ1n) is 5.79. The van der Waals surface area contributed by atoms with E-state index >= 15 is 0 Å². The Kier molecular flexibility index (Phi) is 3.79. The topological polar surface area (TPSA) is 67.3 Å². The zero-order valence-corrected chi connectivity index (χ0v) is 10.9. The minimum Gasteiger partial charge on any atom is -0.399 e. The Labute approximate surface area is 117 Å². The average molecular weight is 300 g/mol. The molecule has 2 rings (SSSR count). The first-order chi connectivity index (χ1) is 9.79. The molecular formula is C13H12F4N4. The molecule has 0 aliphatic carbocycles. The normalized spacial score (nSPS) is 10.5. The number of rotatable bonds is 3. The van der Waals surface area contributed by atoms with Gasteiger partial charge in [-0.3, -0.25) is 10.4 Å². The Bertz CT molecular complexity index is 644. The van der Waals surface area contributed by atoms with Crippen molar-refractivity contribution in [3.05, 3.63) is 47.5 Å². The lowest BCUT2D eigenvalue weighted by Crippen LogP contribution is -2.28. The lowest BCUT2D eigenvalue weighted by Gasteiger charge is -2.23. The molecule has 0 aromatic heterocycles. The largest absolute Gasteiger partial charge is 0.399 e. The Morgan fingerprint density at radius 2 is 1.19 bits per heavy atom. The molecule has 0 radical (unpaired) electrons. The van der Waals surface area contributed by atoms with E-state index in [0.29, 0.717) is 0 Å². The van der Waals surface area contributed by atoms with Crippen LogP contribution < -0.4 is 21.9 Å². The van der Waals surface area contributed by atoms with Crippen LogP contribution in [0.1, 0.15) is 0 Å². The van der Waals surface area contributed by atoms with E-state index in [1.165, 1.54) is 7.05 Å². The van der Waals surface area contributed by atoms with Crippen LogP contribution in [0.4, 0.5) is 40.3 Å². The predicted octanol–water partition coefficient (Wildman–Crippen LogP) is 2.87. The molecule has 0 fully saturated rings. The van der Waals surface area contributed by atoms with Crippen molar-refractivity contribution >= 4 is 22.7 Å². The highest BCUT2D eigenvalue weighted by Gasteiger charge is 2.18. The van der Waals surface area contributed by atoms with Crippen molar-refractivity contribution in [2.75, 3.05) is 28.9 Å². The number of nitrogens with two attached hydrogens (primary N) is 2. The van der Waals surface area contributed by atoms with Crippen LogP contribution in [0.15, 0.2) is 24.3 Å². The van der Waals surface area contributed by atoms with Gasteiger partial charge < -0.3 is 11.5 Å². The van der Waals surface area contributed by atoms with Crippen LogP contribution >= 0.6 is 0 Å². The van der Waals surface area contributed by atoms with Crippen molar-refractivity contribution in [3.8, 4) is 0 Å². The standard InChI is InChI=1S/C13H12F4N4/c1-21(13-10(16)4-7(19)5-11(13)17)20-12-8(14)2-6(18)3-9(12)15/h2-5,20H,18-19H2,1H3. The first-order valence-corrected chi connectivity index (χ1v) is 5.79. The van der Waals surface area contributed by atoms with Crippen LogP contribution in [0.2, 0.25) is 0 Å². The van der Waals surface area contributed by atoms with Crippen molar-refractivity contribution in [2.45, 2.75) is 0 Å². The summed E-state index contributed by atoms with van der Waals surface area (Å²) in [6.07, 6.45) is 0. The van der Waals surface area contributed by atoms with Crippen LogP contribution in [-0.2, 0) is 0 Å². The minimum absolute atomic E-state index is 0.105. The third-order valence-electron chi connectivity index (χ3n) is 2.72. The van der Waals surface area contributed by atoms with Gasteiger partial charge in [0.15, 0.2) is 23.3 Å². The summed E-state index contributed by atoms with van der Waals surface area (Å²) >= 11 is 0. The molecule has 2 aromatic rings. The Morgan fingerprint density at radius 1 is 0.810 bits per heavy atom. The van der Waals surface area contributed by atoms with Gasteiger partial charge in [0.1, 0.15) is 11.4 Å². The molecule has 0 aliphatic heterocycles. The summed E-state index contributed by atoms with van der Waals surface area (Å²) < 4.78 is 54.7. The van der Waals surface area contributed by atoms with Gasteiger partial charge in [-0.15, -0.1) is 0 Å². The number of anilines is 4. The van der Waals surface area contributed by atoms with Gasteiger partial charge in [-0.25, -0.2) is 17.6 Å². The molecule has 0 saturated carbocycles. The van der Waals surface area contributed by atoms with Gasteiger partial charge in [-0.1, -0.05) is 0 Å². The van der Waals surface area contributed by atoms with E-state index in [-0.39, 0.29) is 11.4 Å². The maximum Gasteiger partial charge on any atom is 0.153 e. The highest BCUT2D eigenvalue weighted by atomic mass is 19.1. The monoisotopic (exact) mass is 300 g/mol. The van der Waals surface area contributed by atoms with Crippen molar-refractivity contribution in [1.82, 2.24) is 0 Å². The molecule has 112 valence electrons. The second kappa shape index (κ2) is 5.39. The number of nitrogens with zero attached hydrogens (tertiary/aromatic N) is 1. The third kappa shape index (κ3) is 2.93. The van der Waals surface area contributed by atoms with E-state index in [2.05, 4.69) is 5.43 Å². The molecule has 8 heteroatoms. The van der Waals surface area contributed by atoms with Crippen LogP contribution in [0.5, 0.6) is 0 Å². The van der Waals surface area contributed by atoms with Gasteiger partial charge in [0.05, 0.1) is 0 Å². The smallest absolute Gasteiger partial charge is 0.153 e. The molecule has 21 heavy (non-hydrogen) atoms. The summed E-state index contributed by atoms with van der Waals surface area (Å²) in [4.78, 5) is 0. The van der Waals surface area contributed by atoms with E-state index < -0.39 is 34.6 Å². The second-order valence-electron chi connectivity index (χ2n) is 4.36. The van der Waals surface area contributed by atoms with Crippen molar-refractivity contribution in [2.24, 2.45) is 0 Å². The zero-order valence-electron chi connectivity index (χ0n) is 10.9. The second-order valence-corrected chi connectivity index (χ2v) is 4.36. The highest BCUT2D eigenvalue weighted by molar-refractivity contribution is 5.61. The van der Waals surface area contributed by atoms with Crippen LogP contribution in [0.3, 0.4) is 0 Å². The number of hydrazine groups is 1. The molecule has 0 heterocycles. The average Bonchev–Trinajstić information content (AvgIpc) is 2.32. The lowest BCUT2D eigenvalue weighted by molar-refractivity contribution is 0.575. The van der Waals surface area contributed by atoms with Gasteiger partial charge in [-0.2, -0.15) is 0 Å². The fourth-order valence-electron chi connectivity index (χ4n) is 1.83. The summed E-state index contributed by atoms with van der Waals surface area (Å²) in [5.41, 5.74) is 11.5. The molecular weight excluding hydrogens is 288 g/mol. The molecule has 2 aromatic carbocycles. The molecule has 0 amide bonds. The molecule has 0 atom stereocenters. The molecule has 0 aliphatic rings. The quantitative estimate of drug-likeness (QED) is 0.463. The SMILES string of the molecule is CN(Nc1c(F)cc(N)cc1F)c1c(F)cc(N)cc1F. The summed E-state index contributed by atoms with van der Waals surface area (Å²) in [5.74, 6) is -3.93. The van der Waals surface area contributed by atoms with E-state index in [0.717, 1.165) is 29.3 Å². The summed E-state index contributed by atoms with van der Waals surface area (Å²) in [5, 5.41) is 0.807. The molecule has 4 nitrogen and oxygen atoms in total. The fraction of sp³-hybridized carbons (Fsp3) is 0.0769. The number of halogens is 4. The maximum absolute atomic E-state index is 13.7. The van der Waals surface area contributed by atoms with E-state index in [4.69, 9.17) is 11.5 Å². The third-order valence-corrected chi connectivity index (χ3v) is 2.72. The van der Waals surface area contributed by atoms with E-state index in [1.807, 2.05) is 0 Å². The summed E-state index contributed by atoms with van der Waals surface area (Å²) in [7, 11) is 1.20. The van der Waals surface area contributed by atoms with Gasteiger partial charge in [0.2, 0.25) is 0 Å². The van der Waals surface area contributed by atoms with Gasteiger partial charge in [0.25, 0.3) is 0 Å². The van der Waals surface area contributed by atoms with E-state index in [9.17, 15) is 17.6 Å². The number of hydrogen-bond donors (Lipinski definition) is 3. The lowest BCUT2D eigenvalue weighted by atomic mass is 10.2. The van der Waals surface area contributed by atoms with Gasteiger partial charge in [0, 0.05) is 18.4 Å². The summed E-state index contributed by atoms with van der Waals surface area (Å²) in [6, 6.07) is 3.56. The highest BCUT2D eigenvalue weighted by Crippen LogP contribution is 2.28. The van der Waals surface area contributed by atoms with Crippen LogP contribution in [0.25, 0.3) is 0 Å². The molecule has 0 spiro atoms. The van der Waals surface area contributed by atoms with Crippen molar-refractivity contribution in [1.29, 1.82) is 0 Å².